The first kappa shape index (κ1) is 12.2. The van der Waals surface area contributed by atoms with E-state index in [1.54, 1.807) is 0 Å². The quantitative estimate of drug-likeness (QED) is 0.846. The van der Waals surface area contributed by atoms with Crippen molar-refractivity contribution in [2.75, 3.05) is 11.1 Å². The Kier molecular flexibility index (Phi) is 3.25. The minimum atomic E-state index is 0.344. The van der Waals surface area contributed by atoms with Gasteiger partial charge in [-0.15, -0.1) is 0 Å². The van der Waals surface area contributed by atoms with Crippen molar-refractivity contribution in [3.8, 4) is 6.07 Å². The first-order valence-electron chi connectivity index (χ1n) is 5.93. The summed E-state index contributed by atoms with van der Waals surface area (Å²) in [7, 11) is 0. The number of aromatic nitrogens is 1. The highest BCUT2D eigenvalue weighted by molar-refractivity contribution is 7.10. The molecule has 0 radical (unpaired) electrons. The number of rotatable bonds is 2. The number of anilines is 2. The number of nitrogens with two attached hydrogens (primary N) is 1. The van der Waals surface area contributed by atoms with Crippen molar-refractivity contribution in [1.82, 2.24) is 4.37 Å². The van der Waals surface area contributed by atoms with Gasteiger partial charge in [0.1, 0.15) is 16.6 Å². The van der Waals surface area contributed by atoms with Gasteiger partial charge in [-0.25, -0.2) is 0 Å². The third kappa shape index (κ3) is 2.70. The molecule has 0 amide bonds. The molecule has 92 valence electrons. The van der Waals surface area contributed by atoms with Crippen LogP contribution in [0.25, 0.3) is 0 Å². The number of hydrogen-bond donors (Lipinski definition) is 2. The van der Waals surface area contributed by atoms with Crippen LogP contribution in [-0.2, 0) is 0 Å². The van der Waals surface area contributed by atoms with Crippen LogP contribution in [0, 0.1) is 16.7 Å². The molecule has 0 atom stereocenters. The third-order valence-corrected chi connectivity index (χ3v) is 4.30. The summed E-state index contributed by atoms with van der Waals surface area (Å²) in [5.41, 5.74) is 6.60. The first-order chi connectivity index (χ1) is 8.02. The number of nitrogens with one attached hydrogen (secondary N) is 1. The standard InChI is InChI=1S/C12H18N4S/c1-12(2)5-3-8(4-6-12)15-11-9(7-13)10(14)16-17-11/h8,15H,3-6H2,1-2H3,(H2,14,16). The van der Waals surface area contributed by atoms with E-state index < -0.39 is 0 Å². The molecule has 1 heterocycles. The normalized spacial score (nSPS) is 19.8. The molecule has 0 aromatic carbocycles. The highest BCUT2D eigenvalue weighted by Gasteiger charge is 2.27. The van der Waals surface area contributed by atoms with Crippen molar-refractivity contribution >= 4 is 22.4 Å². The van der Waals surface area contributed by atoms with Gasteiger partial charge in [0.25, 0.3) is 0 Å². The second-order valence-electron chi connectivity index (χ2n) is 5.47. The zero-order valence-corrected chi connectivity index (χ0v) is 11.1. The van der Waals surface area contributed by atoms with Crippen LogP contribution in [0.15, 0.2) is 0 Å². The molecule has 0 unspecified atom stereocenters. The van der Waals surface area contributed by atoms with Crippen LogP contribution in [0.3, 0.4) is 0 Å². The van der Waals surface area contributed by atoms with Gasteiger partial charge >= 0.3 is 0 Å². The number of hydrogen-bond acceptors (Lipinski definition) is 5. The Labute approximate surface area is 106 Å². The van der Waals surface area contributed by atoms with Gasteiger partial charge < -0.3 is 11.1 Å². The summed E-state index contributed by atoms with van der Waals surface area (Å²) in [5.74, 6) is 0.344. The van der Waals surface area contributed by atoms with Gasteiger partial charge in [-0.3, -0.25) is 0 Å². The van der Waals surface area contributed by atoms with E-state index in [-0.39, 0.29) is 0 Å². The van der Waals surface area contributed by atoms with E-state index in [1.807, 2.05) is 0 Å². The average molecular weight is 250 g/mol. The van der Waals surface area contributed by atoms with E-state index in [1.165, 1.54) is 24.4 Å². The molecule has 0 spiro atoms. The fourth-order valence-corrected chi connectivity index (χ4v) is 2.98. The summed E-state index contributed by atoms with van der Waals surface area (Å²) in [4.78, 5) is 0. The number of nitrogens with zero attached hydrogens (tertiary/aromatic N) is 2. The highest BCUT2D eigenvalue weighted by Crippen LogP contribution is 2.37. The molecule has 4 nitrogen and oxygen atoms in total. The molecule has 1 aliphatic carbocycles. The summed E-state index contributed by atoms with van der Waals surface area (Å²) in [6.07, 6.45) is 4.74. The number of nitrogen functional groups attached to an aromatic ring is 1. The van der Waals surface area contributed by atoms with Crippen LogP contribution in [0.2, 0.25) is 0 Å². The highest BCUT2D eigenvalue weighted by atomic mass is 32.1. The Balaban J connectivity index is 2.01. The molecular formula is C12H18N4S. The molecule has 1 aromatic rings. The lowest BCUT2D eigenvalue weighted by Gasteiger charge is -2.34. The van der Waals surface area contributed by atoms with E-state index in [0.717, 1.165) is 17.8 Å². The van der Waals surface area contributed by atoms with Gasteiger partial charge in [0.2, 0.25) is 0 Å². The third-order valence-electron chi connectivity index (χ3n) is 3.50. The Hall–Kier alpha value is -1.28. The van der Waals surface area contributed by atoms with Gasteiger partial charge in [-0.2, -0.15) is 9.64 Å². The molecule has 1 aliphatic rings. The van der Waals surface area contributed by atoms with Crippen molar-refractivity contribution in [2.45, 2.75) is 45.6 Å². The predicted molar refractivity (Wildman–Crippen MR) is 70.9 cm³/mol. The molecular weight excluding hydrogens is 232 g/mol. The summed E-state index contributed by atoms with van der Waals surface area (Å²) in [6, 6.07) is 2.56. The summed E-state index contributed by atoms with van der Waals surface area (Å²) in [5, 5.41) is 13.2. The Morgan fingerprint density at radius 3 is 2.71 bits per heavy atom. The van der Waals surface area contributed by atoms with Gasteiger partial charge in [0.05, 0.1) is 0 Å². The van der Waals surface area contributed by atoms with E-state index in [2.05, 4.69) is 29.6 Å². The van der Waals surface area contributed by atoms with E-state index in [0.29, 0.717) is 22.8 Å². The maximum atomic E-state index is 9.00. The zero-order valence-electron chi connectivity index (χ0n) is 10.3. The monoisotopic (exact) mass is 250 g/mol. The van der Waals surface area contributed by atoms with Crippen molar-refractivity contribution in [1.29, 1.82) is 5.26 Å². The van der Waals surface area contributed by atoms with Crippen molar-refractivity contribution in [2.24, 2.45) is 5.41 Å². The summed E-state index contributed by atoms with van der Waals surface area (Å²) in [6.45, 7) is 4.63. The smallest absolute Gasteiger partial charge is 0.157 e. The van der Waals surface area contributed by atoms with Crippen LogP contribution < -0.4 is 11.1 Å². The molecule has 5 heteroatoms. The minimum Gasteiger partial charge on any atom is -0.382 e. The van der Waals surface area contributed by atoms with Crippen molar-refractivity contribution in [3.05, 3.63) is 5.56 Å². The Morgan fingerprint density at radius 2 is 2.12 bits per heavy atom. The molecule has 0 bridgehead atoms. The van der Waals surface area contributed by atoms with Crippen LogP contribution in [-0.4, -0.2) is 10.4 Å². The lowest BCUT2D eigenvalue weighted by Crippen LogP contribution is -2.29. The fraction of sp³-hybridized carbons (Fsp3) is 0.667. The molecule has 1 saturated carbocycles. The van der Waals surface area contributed by atoms with Gasteiger partial charge in [0.15, 0.2) is 5.82 Å². The summed E-state index contributed by atoms with van der Waals surface area (Å²) < 4.78 is 4.02. The summed E-state index contributed by atoms with van der Waals surface area (Å²) >= 11 is 1.29. The molecule has 3 N–H and O–H groups in total. The molecule has 2 rings (SSSR count). The molecule has 1 aromatic heterocycles. The SMILES string of the molecule is CC1(C)CCC(Nc2snc(N)c2C#N)CC1. The predicted octanol–water partition coefficient (Wildman–Crippen LogP) is 2.98. The van der Waals surface area contributed by atoms with Crippen LogP contribution in [0.1, 0.15) is 45.1 Å². The first-order valence-corrected chi connectivity index (χ1v) is 6.71. The van der Waals surface area contributed by atoms with Crippen molar-refractivity contribution in [3.63, 3.8) is 0 Å². The maximum absolute atomic E-state index is 9.00. The van der Waals surface area contributed by atoms with E-state index in [9.17, 15) is 0 Å². The zero-order chi connectivity index (χ0) is 12.5. The average Bonchev–Trinajstić information content (AvgIpc) is 2.62. The second-order valence-corrected chi connectivity index (χ2v) is 6.24. The van der Waals surface area contributed by atoms with E-state index >= 15 is 0 Å². The van der Waals surface area contributed by atoms with Crippen LogP contribution in [0.5, 0.6) is 0 Å². The van der Waals surface area contributed by atoms with Crippen LogP contribution in [0.4, 0.5) is 10.8 Å². The molecule has 17 heavy (non-hydrogen) atoms. The van der Waals surface area contributed by atoms with Gasteiger partial charge in [0, 0.05) is 6.04 Å². The van der Waals surface area contributed by atoms with Crippen LogP contribution >= 0.6 is 11.5 Å². The minimum absolute atomic E-state index is 0.344. The van der Waals surface area contributed by atoms with Gasteiger partial charge in [-0.05, 0) is 42.6 Å². The lowest BCUT2D eigenvalue weighted by atomic mass is 9.75. The second kappa shape index (κ2) is 4.53. The largest absolute Gasteiger partial charge is 0.382 e. The Morgan fingerprint density at radius 1 is 1.47 bits per heavy atom. The fourth-order valence-electron chi connectivity index (χ4n) is 2.24. The maximum Gasteiger partial charge on any atom is 0.157 e. The molecule has 0 aliphatic heterocycles. The van der Waals surface area contributed by atoms with Gasteiger partial charge in [-0.1, -0.05) is 13.8 Å². The van der Waals surface area contributed by atoms with Crippen molar-refractivity contribution < 1.29 is 0 Å². The molecule has 1 fully saturated rings. The molecule has 0 saturated heterocycles. The topological polar surface area (TPSA) is 74.7 Å². The Bertz CT molecular complexity index is 434. The van der Waals surface area contributed by atoms with E-state index in [4.69, 9.17) is 11.0 Å². The lowest BCUT2D eigenvalue weighted by molar-refractivity contribution is 0.232. The number of nitriles is 1.